The van der Waals surface area contributed by atoms with Crippen molar-refractivity contribution in [2.75, 3.05) is 32.2 Å². The van der Waals surface area contributed by atoms with Gasteiger partial charge in [-0.25, -0.2) is 8.78 Å². The van der Waals surface area contributed by atoms with Crippen molar-refractivity contribution >= 4 is 22.9 Å². The molecule has 0 atom stereocenters. The van der Waals surface area contributed by atoms with Crippen molar-refractivity contribution in [2.45, 2.75) is 6.42 Å². The van der Waals surface area contributed by atoms with Gasteiger partial charge in [0.2, 0.25) is 0 Å². The van der Waals surface area contributed by atoms with Gasteiger partial charge in [-0.2, -0.15) is 0 Å². The van der Waals surface area contributed by atoms with E-state index in [0.717, 1.165) is 6.42 Å². The van der Waals surface area contributed by atoms with E-state index in [1.165, 1.54) is 12.1 Å². The minimum absolute atomic E-state index is 0.0726. The second-order valence-corrected chi connectivity index (χ2v) is 4.33. The Morgan fingerprint density at radius 1 is 1.39 bits per heavy atom. The maximum absolute atomic E-state index is 13.8. The standard InChI is InChI=1S/C12H16F2N2OS/c1-16(6-3-7-17-2)9-5-4-8(12(15)18)10(13)11(9)14/h4-5H,3,6-7H2,1-2H3,(H2,15,18). The quantitative estimate of drug-likeness (QED) is 0.636. The van der Waals surface area contributed by atoms with Crippen LogP contribution < -0.4 is 10.6 Å². The molecule has 0 spiro atoms. The first-order valence-corrected chi connectivity index (χ1v) is 5.87. The topological polar surface area (TPSA) is 38.5 Å². The molecule has 0 aliphatic rings. The van der Waals surface area contributed by atoms with Crippen molar-refractivity contribution in [3.05, 3.63) is 29.3 Å². The summed E-state index contributed by atoms with van der Waals surface area (Å²) in [5.41, 5.74) is 5.41. The lowest BCUT2D eigenvalue weighted by Crippen LogP contribution is -2.22. The molecule has 6 heteroatoms. The van der Waals surface area contributed by atoms with E-state index in [1.54, 1.807) is 19.1 Å². The number of anilines is 1. The minimum Gasteiger partial charge on any atom is -0.389 e. The number of ether oxygens (including phenoxy) is 1. The monoisotopic (exact) mass is 274 g/mol. The van der Waals surface area contributed by atoms with E-state index in [-0.39, 0.29) is 16.2 Å². The highest BCUT2D eigenvalue weighted by Crippen LogP contribution is 2.23. The minimum atomic E-state index is -1.00. The molecule has 18 heavy (non-hydrogen) atoms. The second kappa shape index (κ2) is 6.61. The van der Waals surface area contributed by atoms with E-state index in [0.29, 0.717) is 13.2 Å². The second-order valence-electron chi connectivity index (χ2n) is 3.89. The van der Waals surface area contributed by atoms with Gasteiger partial charge >= 0.3 is 0 Å². The molecule has 0 fully saturated rings. The normalized spacial score (nSPS) is 10.4. The lowest BCUT2D eigenvalue weighted by molar-refractivity contribution is 0.196. The predicted octanol–water partition coefficient (Wildman–Crippen LogP) is 2.07. The Kier molecular flexibility index (Phi) is 5.43. The Hall–Kier alpha value is -1.27. The molecule has 0 bridgehead atoms. The predicted molar refractivity (Wildman–Crippen MR) is 72.0 cm³/mol. The average molecular weight is 274 g/mol. The Morgan fingerprint density at radius 2 is 2.06 bits per heavy atom. The van der Waals surface area contributed by atoms with Crippen LogP contribution in [0.15, 0.2) is 12.1 Å². The number of thiocarbonyl (C=S) groups is 1. The first-order chi connectivity index (χ1) is 8.49. The van der Waals surface area contributed by atoms with Crippen molar-refractivity contribution in [3.63, 3.8) is 0 Å². The molecule has 1 aromatic carbocycles. The molecule has 2 N–H and O–H groups in total. The third-order valence-electron chi connectivity index (χ3n) is 2.58. The van der Waals surface area contributed by atoms with E-state index in [1.807, 2.05) is 0 Å². The lowest BCUT2D eigenvalue weighted by atomic mass is 10.1. The van der Waals surface area contributed by atoms with Gasteiger partial charge in [0.05, 0.1) is 5.69 Å². The van der Waals surface area contributed by atoms with Crippen LogP contribution in [0.25, 0.3) is 0 Å². The highest BCUT2D eigenvalue weighted by atomic mass is 32.1. The Morgan fingerprint density at radius 3 is 2.61 bits per heavy atom. The van der Waals surface area contributed by atoms with Crippen LogP contribution in [-0.2, 0) is 4.74 Å². The van der Waals surface area contributed by atoms with E-state index >= 15 is 0 Å². The third kappa shape index (κ3) is 3.36. The van der Waals surface area contributed by atoms with E-state index in [4.69, 9.17) is 10.5 Å². The van der Waals surface area contributed by atoms with Gasteiger partial charge in [-0.05, 0) is 18.6 Å². The van der Waals surface area contributed by atoms with Crippen molar-refractivity contribution in [1.82, 2.24) is 0 Å². The summed E-state index contributed by atoms with van der Waals surface area (Å²) in [7, 11) is 3.28. The molecule has 1 aromatic rings. The Bertz CT molecular complexity index is 440. The Balaban J connectivity index is 2.90. The van der Waals surface area contributed by atoms with Crippen molar-refractivity contribution in [1.29, 1.82) is 0 Å². The molecule has 0 aromatic heterocycles. The summed E-state index contributed by atoms with van der Waals surface area (Å²) in [6, 6.07) is 2.86. The van der Waals surface area contributed by atoms with Crippen LogP contribution in [0.4, 0.5) is 14.5 Å². The molecule has 0 aliphatic carbocycles. The van der Waals surface area contributed by atoms with E-state index < -0.39 is 11.6 Å². The maximum atomic E-state index is 13.8. The van der Waals surface area contributed by atoms with Crippen LogP contribution in [0.3, 0.4) is 0 Å². The van der Waals surface area contributed by atoms with Gasteiger partial charge in [0.15, 0.2) is 11.6 Å². The lowest BCUT2D eigenvalue weighted by Gasteiger charge is -2.20. The molecule has 3 nitrogen and oxygen atoms in total. The van der Waals surface area contributed by atoms with E-state index in [2.05, 4.69) is 12.2 Å². The summed E-state index contributed by atoms with van der Waals surface area (Å²) in [6.45, 7) is 1.13. The van der Waals surface area contributed by atoms with Gasteiger partial charge in [-0.1, -0.05) is 12.2 Å². The van der Waals surface area contributed by atoms with Gasteiger partial charge in [0.25, 0.3) is 0 Å². The number of methoxy groups -OCH3 is 1. The number of rotatable bonds is 6. The van der Waals surface area contributed by atoms with Crippen molar-refractivity contribution < 1.29 is 13.5 Å². The highest BCUT2D eigenvalue weighted by Gasteiger charge is 2.17. The van der Waals surface area contributed by atoms with Gasteiger partial charge < -0.3 is 15.4 Å². The number of hydrogen-bond acceptors (Lipinski definition) is 3. The SMILES string of the molecule is COCCCN(C)c1ccc(C(N)=S)c(F)c1F. The average Bonchev–Trinajstić information content (AvgIpc) is 2.32. The maximum Gasteiger partial charge on any atom is 0.182 e. The van der Waals surface area contributed by atoms with Crippen LogP contribution in [0.5, 0.6) is 0 Å². The van der Waals surface area contributed by atoms with Crippen LogP contribution >= 0.6 is 12.2 Å². The fourth-order valence-electron chi connectivity index (χ4n) is 1.59. The molecule has 0 saturated heterocycles. The number of benzene rings is 1. The zero-order valence-corrected chi connectivity index (χ0v) is 11.2. The molecule has 0 aliphatic heterocycles. The number of hydrogen-bond donors (Lipinski definition) is 1. The summed E-state index contributed by atoms with van der Waals surface area (Å²) >= 11 is 4.64. The van der Waals surface area contributed by atoms with Crippen LogP contribution in [-0.4, -0.2) is 32.3 Å². The highest BCUT2D eigenvalue weighted by molar-refractivity contribution is 7.80. The number of halogens is 2. The van der Waals surface area contributed by atoms with E-state index in [9.17, 15) is 8.78 Å². The fraction of sp³-hybridized carbons (Fsp3) is 0.417. The van der Waals surface area contributed by atoms with Gasteiger partial charge in [0, 0.05) is 32.9 Å². The molecule has 0 heterocycles. The fourth-order valence-corrected chi connectivity index (χ4v) is 1.75. The molecule has 0 unspecified atom stereocenters. The third-order valence-corrected chi connectivity index (χ3v) is 2.80. The zero-order chi connectivity index (χ0) is 13.7. The molecule has 0 amide bonds. The summed E-state index contributed by atoms with van der Waals surface area (Å²) in [5.74, 6) is -1.93. The van der Waals surface area contributed by atoms with Crippen LogP contribution in [0, 0.1) is 11.6 Å². The van der Waals surface area contributed by atoms with Crippen LogP contribution in [0.1, 0.15) is 12.0 Å². The molecular formula is C12H16F2N2OS. The Labute approximate surface area is 111 Å². The smallest absolute Gasteiger partial charge is 0.182 e. The molecule has 0 radical (unpaired) electrons. The first-order valence-electron chi connectivity index (χ1n) is 5.47. The van der Waals surface area contributed by atoms with Gasteiger partial charge in [-0.3, -0.25) is 0 Å². The van der Waals surface area contributed by atoms with Crippen molar-refractivity contribution in [2.24, 2.45) is 5.73 Å². The van der Waals surface area contributed by atoms with Gasteiger partial charge in [-0.15, -0.1) is 0 Å². The number of nitrogens with two attached hydrogens (primary N) is 1. The molecule has 1 rings (SSSR count). The zero-order valence-electron chi connectivity index (χ0n) is 10.4. The van der Waals surface area contributed by atoms with Crippen LogP contribution in [0.2, 0.25) is 0 Å². The summed E-state index contributed by atoms with van der Waals surface area (Å²) in [5, 5.41) is 0. The van der Waals surface area contributed by atoms with Gasteiger partial charge in [0.1, 0.15) is 4.99 Å². The summed E-state index contributed by atoms with van der Waals surface area (Å²) < 4.78 is 32.4. The molecular weight excluding hydrogens is 258 g/mol. The summed E-state index contributed by atoms with van der Waals surface area (Å²) in [6.07, 6.45) is 0.727. The molecule has 0 saturated carbocycles. The van der Waals surface area contributed by atoms with Crippen molar-refractivity contribution in [3.8, 4) is 0 Å². The largest absolute Gasteiger partial charge is 0.389 e. The molecule has 100 valence electrons. The first kappa shape index (κ1) is 14.8. The number of nitrogens with zero attached hydrogens (tertiary/aromatic N) is 1. The summed E-state index contributed by atoms with van der Waals surface area (Å²) in [4.78, 5) is 1.47.